The minimum atomic E-state index is -0.750. The van der Waals surface area contributed by atoms with Crippen molar-refractivity contribution in [2.75, 3.05) is 26.7 Å². The summed E-state index contributed by atoms with van der Waals surface area (Å²) in [5.74, 6) is -0.399. The highest BCUT2D eigenvalue weighted by Crippen LogP contribution is 2.21. The van der Waals surface area contributed by atoms with Crippen LogP contribution >= 0.6 is 0 Å². The second kappa shape index (κ2) is 7.24. The van der Waals surface area contributed by atoms with E-state index in [2.05, 4.69) is 6.92 Å². The van der Waals surface area contributed by atoms with Gasteiger partial charge < -0.3 is 14.9 Å². The highest BCUT2D eigenvalue weighted by molar-refractivity contribution is 5.74. The molecule has 1 fully saturated rings. The van der Waals surface area contributed by atoms with Gasteiger partial charge in [0.2, 0.25) is 0 Å². The minimum Gasteiger partial charge on any atom is -0.481 e. The van der Waals surface area contributed by atoms with Crippen LogP contribution in [0.4, 0.5) is 4.79 Å². The number of carboxylic acid groups (broad SMARTS) is 1. The molecule has 18 heavy (non-hydrogen) atoms. The van der Waals surface area contributed by atoms with Crippen LogP contribution in [0.1, 0.15) is 39.0 Å². The fourth-order valence-corrected chi connectivity index (χ4v) is 2.30. The van der Waals surface area contributed by atoms with Crippen molar-refractivity contribution in [1.82, 2.24) is 9.80 Å². The monoisotopic (exact) mass is 256 g/mol. The topological polar surface area (TPSA) is 60.9 Å². The van der Waals surface area contributed by atoms with Crippen LogP contribution in [0.3, 0.4) is 0 Å². The first-order chi connectivity index (χ1) is 8.54. The molecule has 1 N–H and O–H groups in total. The summed E-state index contributed by atoms with van der Waals surface area (Å²) in [6.45, 7) is 4.38. The molecule has 0 spiro atoms. The maximum atomic E-state index is 12.1. The lowest BCUT2D eigenvalue weighted by molar-refractivity contribution is -0.137. The number of hydrogen-bond donors (Lipinski definition) is 1. The number of amides is 2. The molecule has 1 heterocycles. The lowest BCUT2D eigenvalue weighted by Crippen LogP contribution is -2.40. The molecule has 0 aromatic carbocycles. The first-order valence-corrected chi connectivity index (χ1v) is 6.76. The largest absolute Gasteiger partial charge is 0.481 e. The molecule has 1 atom stereocenters. The third kappa shape index (κ3) is 4.55. The SMILES string of the molecule is CCCCN(C)C(=O)N1CCC(CCC(=O)O)C1. The molecule has 0 saturated carbocycles. The third-order valence-corrected chi connectivity index (χ3v) is 3.50. The summed E-state index contributed by atoms with van der Waals surface area (Å²) in [6, 6.07) is 0.0845. The summed E-state index contributed by atoms with van der Waals surface area (Å²) in [6.07, 6.45) is 3.92. The summed E-state index contributed by atoms with van der Waals surface area (Å²) in [7, 11) is 1.84. The summed E-state index contributed by atoms with van der Waals surface area (Å²) in [4.78, 5) is 26.2. The predicted octanol–water partition coefficient (Wildman–Crippen LogP) is 2.03. The van der Waals surface area contributed by atoms with Gasteiger partial charge in [0, 0.05) is 33.1 Å². The summed E-state index contributed by atoms with van der Waals surface area (Å²) < 4.78 is 0. The van der Waals surface area contributed by atoms with Crippen molar-refractivity contribution >= 4 is 12.0 Å². The molecule has 1 saturated heterocycles. The van der Waals surface area contributed by atoms with E-state index < -0.39 is 5.97 Å². The van der Waals surface area contributed by atoms with Crippen molar-refractivity contribution < 1.29 is 14.7 Å². The Balaban J connectivity index is 2.31. The van der Waals surface area contributed by atoms with Crippen molar-refractivity contribution in [2.45, 2.75) is 39.0 Å². The standard InChI is InChI=1S/C13H24N2O3/c1-3-4-8-14(2)13(18)15-9-7-11(10-15)5-6-12(16)17/h11H,3-10H2,1-2H3,(H,16,17). The van der Waals surface area contributed by atoms with Crippen LogP contribution in [-0.2, 0) is 4.79 Å². The smallest absolute Gasteiger partial charge is 0.319 e. The predicted molar refractivity (Wildman–Crippen MR) is 69.5 cm³/mol. The number of rotatable bonds is 6. The molecule has 0 radical (unpaired) electrons. The van der Waals surface area contributed by atoms with Gasteiger partial charge in [-0.05, 0) is 25.2 Å². The van der Waals surface area contributed by atoms with Gasteiger partial charge in [0.25, 0.3) is 0 Å². The Bertz CT molecular complexity index is 294. The first-order valence-electron chi connectivity index (χ1n) is 6.76. The van der Waals surface area contributed by atoms with Crippen LogP contribution in [0.15, 0.2) is 0 Å². The Morgan fingerprint density at radius 1 is 1.44 bits per heavy atom. The van der Waals surface area contributed by atoms with Crippen LogP contribution in [0.5, 0.6) is 0 Å². The van der Waals surface area contributed by atoms with Crippen LogP contribution in [0, 0.1) is 5.92 Å². The van der Waals surface area contributed by atoms with Crippen LogP contribution in [0.2, 0.25) is 0 Å². The van der Waals surface area contributed by atoms with Gasteiger partial charge in [-0.3, -0.25) is 4.79 Å². The van der Waals surface area contributed by atoms with Gasteiger partial charge in [0.05, 0.1) is 0 Å². The Labute approximate surface area is 109 Å². The molecule has 0 bridgehead atoms. The molecular formula is C13H24N2O3. The molecule has 0 aromatic rings. The van der Waals surface area contributed by atoms with Crippen LogP contribution < -0.4 is 0 Å². The average molecular weight is 256 g/mol. The zero-order valence-corrected chi connectivity index (χ0v) is 11.4. The van der Waals surface area contributed by atoms with Crippen molar-refractivity contribution in [3.63, 3.8) is 0 Å². The molecule has 1 aliphatic rings. The van der Waals surface area contributed by atoms with Gasteiger partial charge in [-0.25, -0.2) is 4.79 Å². The van der Waals surface area contributed by atoms with Crippen molar-refractivity contribution in [2.24, 2.45) is 5.92 Å². The van der Waals surface area contributed by atoms with E-state index >= 15 is 0 Å². The second-order valence-electron chi connectivity index (χ2n) is 5.09. The summed E-state index contributed by atoms with van der Waals surface area (Å²) in [5.41, 5.74) is 0. The van der Waals surface area contributed by atoms with Crippen molar-refractivity contribution in [1.29, 1.82) is 0 Å². The number of urea groups is 1. The molecule has 1 aliphatic heterocycles. The molecule has 2 amide bonds. The quantitative estimate of drug-likeness (QED) is 0.791. The Hall–Kier alpha value is -1.26. The molecule has 0 aromatic heterocycles. The summed E-state index contributed by atoms with van der Waals surface area (Å²) >= 11 is 0. The van der Waals surface area contributed by atoms with E-state index in [0.29, 0.717) is 18.9 Å². The molecule has 5 heteroatoms. The lowest BCUT2D eigenvalue weighted by atomic mass is 10.0. The van der Waals surface area contributed by atoms with Crippen molar-refractivity contribution in [3.8, 4) is 0 Å². The number of nitrogens with zero attached hydrogens (tertiary/aromatic N) is 2. The minimum absolute atomic E-state index is 0.0845. The van der Waals surface area contributed by atoms with Crippen LogP contribution in [0.25, 0.3) is 0 Å². The van der Waals surface area contributed by atoms with Gasteiger partial charge >= 0.3 is 12.0 Å². The molecule has 1 unspecified atom stereocenters. The van der Waals surface area contributed by atoms with Gasteiger partial charge in [0.1, 0.15) is 0 Å². The second-order valence-corrected chi connectivity index (χ2v) is 5.09. The molecule has 104 valence electrons. The fraction of sp³-hybridized carbons (Fsp3) is 0.846. The molecular weight excluding hydrogens is 232 g/mol. The van der Waals surface area contributed by atoms with Gasteiger partial charge in [0.15, 0.2) is 0 Å². The van der Waals surface area contributed by atoms with Gasteiger partial charge in [-0.1, -0.05) is 13.3 Å². The number of hydrogen-bond acceptors (Lipinski definition) is 2. The van der Waals surface area contributed by atoms with E-state index in [9.17, 15) is 9.59 Å². The van der Waals surface area contributed by atoms with Gasteiger partial charge in [-0.2, -0.15) is 0 Å². The zero-order chi connectivity index (χ0) is 13.5. The number of unbranched alkanes of at least 4 members (excludes halogenated alkanes) is 1. The molecule has 5 nitrogen and oxygen atoms in total. The number of carboxylic acids is 1. The van der Waals surface area contributed by atoms with E-state index in [0.717, 1.165) is 32.4 Å². The highest BCUT2D eigenvalue weighted by atomic mass is 16.4. The molecule has 1 rings (SSSR count). The Kier molecular flexibility index (Phi) is 5.95. The number of carbonyl (C=O) groups is 2. The van der Waals surface area contributed by atoms with Crippen LogP contribution in [-0.4, -0.2) is 53.6 Å². The maximum Gasteiger partial charge on any atom is 0.319 e. The van der Waals surface area contributed by atoms with E-state index in [1.54, 1.807) is 4.90 Å². The fourth-order valence-electron chi connectivity index (χ4n) is 2.30. The number of likely N-dealkylation sites (tertiary alicyclic amines) is 1. The number of aliphatic carboxylic acids is 1. The average Bonchev–Trinajstić information content (AvgIpc) is 2.81. The normalized spacial score (nSPS) is 19.0. The lowest BCUT2D eigenvalue weighted by Gasteiger charge is -2.24. The first kappa shape index (κ1) is 14.8. The zero-order valence-electron chi connectivity index (χ0n) is 11.4. The Morgan fingerprint density at radius 3 is 2.78 bits per heavy atom. The Morgan fingerprint density at radius 2 is 2.17 bits per heavy atom. The maximum absolute atomic E-state index is 12.1. The van der Waals surface area contributed by atoms with Gasteiger partial charge in [-0.15, -0.1) is 0 Å². The molecule has 0 aliphatic carbocycles. The third-order valence-electron chi connectivity index (χ3n) is 3.50. The van der Waals surface area contributed by atoms with E-state index in [-0.39, 0.29) is 12.5 Å². The van der Waals surface area contributed by atoms with E-state index in [1.165, 1.54) is 0 Å². The number of carbonyl (C=O) groups excluding carboxylic acids is 1. The summed E-state index contributed by atoms with van der Waals surface area (Å²) in [5, 5.41) is 8.65. The van der Waals surface area contributed by atoms with E-state index in [4.69, 9.17) is 5.11 Å². The van der Waals surface area contributed by atoms with E-state index in [1.807, 2.05) is 11.9 Å². The van der Waals surface area contributed by atoms with Crippen molar-refractivity contribution in [3.05, 3.63) is 0 Å². The highest BCUT2D eigenvalue weighted by Gasteiger charge is 2.27.